The molecule has 0 amide bonds. The highest BCUT2D eigenvalue weighted by atomic mass is 32.2. The minimum atomic E-state index is -1.55. The summed E-state index contributed by atoms with van der Waals surface area (Å²) in [6.45, 7) is 1.91. The second kappa shape index (κ2) is 30.3. The van der Waals surface area contributed by atoms with Gasteiger partial charge in [0.25, 0.3) is 0 Å². The average Bonchev–Trinajstić information content (AvgIpc) is 3.77. The SMILES string of the molecule is COCOc1cc(/C=C/C(=O)CC(SCCOCCOCCOCCOCc2cnnn2[C@H]2O[C@H](CO)[C@@H](O)[C@H](O)[C@@H]2O)c2cc(OCOC)cc(OCOC)c2)cc(OCOC)c1. The number of nitrogens with zero attached hydrogens (tertiary/aromatic N) is 3. The largest absolute Gasteiger partial charge is 0.467 e. The zero-order valence-electron chi connectivity index (χ0n) is 36.5. The number of aliphatic hydroxyl groups excluding tert-OH is 4. The second-order valence-corrected chi connectivity index (χ2v) is 15.1. The van der Waals surface area contributed by atoms with Gasteiger partial charge in [0.2, 0.25) is 0 Å². The van der Waals surface area contributed by atoms with Crippen molar-refractivity contribution in [3.8, 4) is 23.0 Å². The number of aliphatic hydroxyl groups is 4. The summed E-state index contributed by atoms with van der Waals surface area (Å²) in [4.78, 5) is 13.5. The van der Waals surface area contributed by atoms with Gasteiger partial charge in [-0.3, -0.25) is 4.79 Å². The maximum absolute atomic E-state index is 13.5. The monoisotopic (exact) mass is 927 g/mol. The molecule has 6 atom stereocenters. The van der Waals surface area contributed by atoms with Crippen molar-refractivity contribution < 1.29 is 86.8 Å². The van der Waals surface area contributed by atoms with Gasteiger partial charge < -0.3 is 82.0 Å². The van der Waals surface area contributed by atoms with Crippen LogP contribution in [0.15, 0.2) is 48.7 Å². The Morgan fingerprint density at radius 3 is 1.77 bits per heavy atom. The number of benzene rings is 2. The van der Waals surface area contributed by atoms with Crippen molar-refractivity contribution in [1.82, 2.24) is 15.0 Å². The molecule has 0 radical (unpaired) electrons. The molecule has 4 N–H and O–H groups in total. The first-order valence-electron chi connectivity index (χ1n) is 20.3. The van der Waals surface area contributed by atoms with E-state index in [9.17, 15) is 25.2 Å². The predicted octanol–water partition coefficient (Wildman–Crippen LogP) is 1.89. The van der Waals surface area contributed by atoms with Gasteiger partial charge in [-0.15, -0.1) is 5.10 Å². The van der Waals surface area contributed by atoms with Crippen LogP contribution < -0.4 is 18.9 Å². The summed E-state index contributed by atoms with van der Waals surface area (Å²) >= 11 is 1.55. The molecule has 21 nitrogen and oxygen atoms in total. The van der Waals surface area contributed by atoms with E-state index in [1.807, 2.05) is 12.1 Å². The fourth-order valence-corrected chi connectivity index (χ4v) is 7.09. The van der Waals surface area contributed by atoms with Crippen molar-refractivity contribution in [2.45, 2.75) is 48.9 Å². The van der Waals surface area contributed by atoms with E-state index in [1.165, 1.54) is 45.4 Å². The number of aromatic nitrogens is 3. The Hall–Kier alpha value is -3.98. The summed E-state index contributed by atoms with van der Waals surface area (Å²) in [5.74, 6) is 2.48. The van der Waals surface area contributed by atoms with E-state index >= 15 is 0 Å². The highest BCUT2D eigenvalue weighted by molar-refractivity contribution is 7.99. The van der Waals surface area contributed by atoms with Crippen molar-refractivity contribution in [2.24, 2.45) is 0 Å². The molecule has 2 heterocycles. The van der Waals surface area contributed by atoms with Crippen LogP contribution in [0.25, 0.3) is 6.08 Å². The molecule has 1 aliphatic heterocycles. The summed E-state index contributed by atoms with van der Waals surface area (Å²) in [6, 6.07) is 10.7. The molecule has 22 heteroatoms. The molecule has 2 aromatic carbocycles. The lowest BCUT2D eigenvalue weighted by molar-refractivity contribution is -0.255. The Labute approximate surface area is 376 Å². The van der Waals surface area contributed by atoms with Crippen molar-refractivity contribution >= 4 is 23.6 Å². The van der Waals surface area contributed by atoms with E-state index in [1.54, 1.807) is 42.1 Å². The number of carbonyl (C=O) groups is 1. The number of methoxy groups -OCH3 is 4. The third-order valence-electron chi connectivity index (χ3n) is 9.07. The van der Waals surface area contributed by atoms with E-state index < -0.39 is 37.3 Å². The van der Waals surface area contributed by atoms with E-state index in [0.29, 0.717) is 73.0 Å². The van der Waals surface area contributed by atoms with Gasteiger partial charge in [0.1, 0.15) is 47.4 Å². The number of ether oxygens (including phenoxy) is 13. The molecule has 1 unspecified atom stereocenters. The number of thioether (sulfide) groups is 1. The predicted molar refractivity (Wildman–Crippen MR) is 228 cm³/mol. The fourth-order valence-electron chi connectivity index (χ4n) is 5.98. The summed E-state index contributed by atoms with van der Waals surface area (Å²) in [5, 5.41) is 47.5. The molecular weight excluding hydrogens is 867 g/mol. The molecule has 3 aromatic rings. The van der Waals surface area contributed by atoms with Crippen LogP contribution in [-0.2, 0) is 54.0 Å². The van der Waals surface area contributed by atoms with Crippen LogP contribution in [0.4, 0.5) is 0 Å². The number of ketones is 1. The Kier molecular flexibility index (Phi) is 24.9. The van der Waals surface area contributed by atoms with Crippen LogP contribution >= 0.6 is 11.8 Å². The molecule has 4 rings (SSSR count). The molecule has 1 saturated heterocycles. The Morgan fingerprint density at radius 1 is 0.719 bits per heavy atom. The van der Waals surface area contributed by atoms with E-state index in [4.69, 9.17) is 61.6 Å². The third kappa shape index (κ3) is 18.1. The Bertz CT molecular complexity index is 1730. The average molecular weight is 928 g/mol. The van der Waals surface area contributed by atoms with Crippen molar-refractivity contribution in [3.63, 3.8) is 0 Å². The third-order valence-corrected chi connectivity index (χ3v) is 10.3. The van der Waals surface area contributed by atoms with Crippen LogP contribution in [0.3, 0.4) is 0 Å². The molecule has 1 aliphatic rings. The van der Waals surface area contributed by atoms with Gasteiger partial charge in [-0.2, -0.15) is 11.8 Å². The smallest absolute Gasteiger partial charge is 0.188 e. The molecule has 358 valence electrons. The highest BCUT2D eigenvalue weighted by Gasteiger charge is 2.45. The molecule has 64 heavy (non-hydrogen) atoms. The second-order valence-electron chi connectivity index (χ2n) is 13.8. The highest BCUT2D eigenvalue weighted by Crippen LogP contribution is 2.37. The molecule has 0 spiro atoms. The number of hydrogen-bond donors (Lipinski definition) is 4. The lowest BCUT2D eigenvalue weighted by atomic mass is 9.98. The Balaban J connectivity index is 1.21. The van der Waals surface area contributed by atoms with Crippen LogP contribution in [0.2, 0.25) is 0 Å². The summed E-state index contributed by atoms with van der Waals surface area (Å²) in [7, 11) is 6.10. The first-order valence-corrected chi connectivity index (χ1v) is 21.4. The number of rotatable bonds is 34. The number of carbonyl (C=O) groups excluding carboxylic acids is 1. The quantitative estimate of drug-likeness (QED) is 0.0379. The first kappa shape index (κ1) is 52.6. The summed E-state index contributed by atoms with van der Waals surface area (Å²) in [6.07, 6.45) is -1.99. The van der Waals surface area contributed by atoms with E-state index in [2.05, 4.69) is 10.3 Å². The number of allylic oxidation sites excluding steroid dienone is 1. The lowest BCUT2D eigenvalue weighted by Crippen LogP contribution is -2.56. The van der Waals surface area contributed by atoms with Gasteiger partial charge in [-0.05, 0) is 41.5 Å². The molecule has 1 aromatic heterocycles. The fraction of sp³-hybridized carbons (Fsp3) is 0.595. The zero-order chi connectivity index (χ0) is 45.9. The standard InChI is InChI=1S/C42H61N3O18S/c1-51-25-59-33-15-29(16-34(20-33)60-26-52-2)5-6-32(47)19-38(30-17-35(61-27-53-3)21-36(18-30)62-28-54-4)64-14-13-57-10-9-55-7-8-56-11-12-58-24-31-22-43-44-45(31)42-41(50)40(49)39(48)37(23-46)63-42/h5-6,15-18,20-22,37-42,46,48-50H,7-14,19,23-28H2,1-4H3/b6-5+/t37-,38?,39-,40+,41+,42+/m1/s1. The molecule has 1 fully saturated rings. The minimum Gasteiger partial charge on any atom is -0.467 e. The van der Waals surface area contributed by atoms with Gasteiger partial charge in [0, 0.05) is 58.0 Å². The van der Waals surface area contributed by atoms with Crippen molar-refractivity contribution in [2.75, 3.05) is 114 Å². The molecule has 0 bridgehead atoms. The van der Waals surface area contributed by atoms with E-state index in [0.717, 1.165) is 5.56 Å². The Morgan fingerprint density at radius 2 is 1.23 bits per heavy atom. The van der Waals surface area contributed by atoms with Gasteiger partial charge in [-0.1, -0.05) is 11.3 Å². The van der Waals surface area contributed by atoms with Gasteiger partial charge in [-0.25, -0.2) is 4.68 Å². The molecule has 0 aliphatic carbocycles. The summed E-state index contributed by atoms with van der Waals surface area (Å²) < 4.78 is 72.5. The van der Waals surface area contributed by atoms with Gasteiger partial charge in [0.05, 0.1) is 71.4 Å². The van der Waals surface area contributed by atoms with Crippen LogP contribution in [0.5, 0.6) is 23.0 Å². The normalized spacial score (nSPS) is 19.2. The minimum absolute atomic E-state index is 0.0254. The van der Waals surface area contributed by atoms with Crippen molar-refractivity contribution in [3.05, 3.63) is 65.5 Å². The van der Waals surface area contributed by atoms with Crippen LogP contribution in [0, 0.1) is 0 Å². The van der Waals surface area contributed by atoms with Crippen LogP contribution in [-0.4, -0.2) is 180 Å². The topological polar surface area (TPSA) is 249 Å². The van der Waals surface area contributed by atoms with Crippen LogP contribution in [0.1, 0.15) is 34.7 Å². The van der Waals surface area contributed by atoms with E-state index in [-0.39, 0.29) is 64.4 Å². The molecular formula is C42H61N3O18S. The number of hydrogen-bond acceptors (Lipinski definition) is 21. The zero-order valence-corrected chi connectivity index (χ0v) is 37.3. The molecule has 0 saturated carbocycles. The van der Waals surface area contributed by atoms with Gasteiger partial charge >= 0.3 is 0 Å². The summed E-state index contributed by atoms with van der Waals surface area (Å²) in [5.41, 5.74) is 1.94. The lowest BCUT2D eigenvalue weighted by Gasteiger charge is -2.40. The maximum atomic E-state index is 13.5. The van der Waals surface area contributed by atoms with Crippen molar-refractivity contribution in [1.29, 1.82) is 0 Å². The maximum Gasteiger partial charge on any atom is 0.188 e. The first-order chi connectivity index (χ1) is 31.2. The van der Waals surface area contributed by atoms with Gasteiger partial charge in [0.15, 0.2) is 39.2 Å².